The molecule has 17 heavy (non-hydrogen) atoms. The van der Waals surface area contributed by atoms with Crippen molar-refractivity contribution in [1.29, 1.82) is 0 Å². The van der Waals surface area contributed by atoms with E-state index in [4.69, 9.17) is 0 Å². The van der Waals surface area contributed by atoms with E-state index in [-0.39, 0.29) is 5.82 Å². The standard InChI is InChI=1S/C14H17FN2/c1-3-17-8-10-6-11(17)7-13(10)12-4-5-16-9(2)14(12)15/h4-5,7,10-11H,3,6,8H2,1-2H3. The minimum absolute atomic E-state index is 0.144. The molecule has 1 aromatic rings. The van der Waals surface area contributed by atoms with Gasteiger partial charge in [0, 0.05) is 24.3 Å². The number of nitrogens with zero attached hydrogens (tertiary/aromatic N) is 2. The molecule has 2 aliphatic rings. The van der Waals surface area contributed by atoms with Crippen LogP contribution in [0.4, 0.5) is 4.39 Å². The first-order valence-corrected chi connectivity index (χ1v) is 6.28. The molecule has 90 valence electrons. The molecular weight excluding hydrogens is 215 g/mol. The van der Waals surface area contributed by atoms with Crippen LogP contribution in [0.15, 0.2) is 18.3 Å². The van der Waals surface area contributed by atoms with Crippen molar-refractivity contribution in [2.45, 2.75) is 26.3 Å². The molecule has 2 unspecified atom stereocenters. The summed E-state index contributed by atoms with van der Waals surface area (Å²) in [6, 6.07) is 2.33. The summed E-state index contributed by atoms with van der Waals surface area (Å²) in [5, 5.41) is 0. The molecule has 2 heterocycles. The van der Waals surface area contributed by atoms with Gasteiger partial charge in [-0.2, -0.15) is 0 Å². The molecule has 1 saturated heterocycles. The molecule has 1 aromatic heterocycles. The van der Waals surface area contributed by atoms with Crippen LogP contribution in [0.1, 0.15) is 24.6 Å². The average Bonchev–Trinajstić information content (AvgIpc) is 2.91. The SMILES string of the molecule is CCN1CC2CC1C=C2c1ccnc(C)c1F. The average molecular weight is 232 g/mol. The second kappa shape index (κ2) is 3.91. The number of likely N-dealkylation sites (N-methyl/N-ethyl adjacent to an activating group) is 1. The van der Waals surface area contributed by atoms with E-state index < -0.39 is 0 Å². The fourth-order valence-corrected chi connectivity index (χ4v) is 3.12. The maximum atomic E-state index is 14.0. The Kier molecular flexibility index (Phi) is 2.51. The zero-order chi connectivity index (χ0) is 12.0. The second-order valence-corrected chi connectivity index (χ2v) is 4.97. The summed E-state index contributed by atoms with van der Waals surface area (Å²) in [7, 11) is 0. The highest BCUT2D eigenvalue weighted by Gasteiger charge is 2.38. The number of likely N-dealkylation sites (tertiary alicyclic amines) is 1. The van der Waals surface area contributed by atoms with Crippen molar-refractivity contribution in [2.24, 2.45) is 5.92 Å². The number of pyridine rings is 1. The third kappa shape index (κ3) is 1.61. The highest BCUT2D eigenvalue weighted by molar-refractivity contribution is 5.72. The van der Waals surface area contributed by atoms with Crippen molar-refractivity contribution in [3.05, 3.63) is 35.4 Å². The molecular formula is C14H17FN2. The molecule has 2 nitrogen and oxygen atoms in total. The van der Waals surface area contributed by atoms with Gasteiger partial charge < -0.3 is 0 Å². The zero-order valence-corrected chi connectivity index (χ0v) is 10.3. The van der Waals surface area contributed by atoms with Gasteiger partial charge in [0.1, 0.15) is 0 Å². The third-order valence-electron chi connectivity index (χ3n) is 4.04. The molecule has 0 aromatic carbocycles. The van der Waals surface area contributed by atoms with Gasteiger partial charge in [-0.15, -0.1) is 0 Å². The molecule has 0 saturated carbocycles. The number of fused-ring (bicyclic) bond motifs is 2. The summed E-state index contributed by atoms with van der Waals surface area (Å²) < 4.78 is 14.0. The first-order valence-electron chi connectivity index (χ1n) is 6.28. The lowest BCUT2D eigenvalue weighted by molar-refractivity contribution is 0.297. The molecule has 0 radical (unpaired) electrons. The summed E-state index contributed by atoms with van der Waals surface area (Å²) in [5.41, 5.74) is 2.46. The largest absolute Gasteiger partial charge is 0.297 e. The van der Waals surface area contributed by atoms with Gasteiger partial charge in [-0.05, 0) is 37.4 Å². The number of halogens is 1. The van der Waals surface area contributed by atoms with Gasteiger partial charge in [-0.25, -0.2) is 4.39 Å². The maximum absolute atomic E-state index is 14.0. The summed E-state index contributed by atoms with van der Waals surface area (Å²) >= 11 is 0. The quantitative estimate of drug-likeness (QED) is 0.779. The number of hydrogen-bond donors (Lipinski definition) is 0. The first kappa shape index (κ1) is 10.9. The van der Waals surface area contributed by atoms with Crippen LogP contribution in [0.5, 0.6) is 0 Å². The van der Waals surface area contributed by atoms with Gasteiger partial charge in [0.2, 0.25) is 0 Å². The van der Waals surface area contributed by atoms with E-state index in [0.29, 0.717) is 17.7 Å². The smallest absolute Gasteiger partial charge is 0.151 e. The highest BCUT2D eigenvalue weighted by Crippen LogP contribution is 2.42. The Bertz CT molecular complexity index is 481. The molecule has 2 bridgehead atoms. The van der Waals surface area contributed by atoms with Crippen molar-refractivity contribution in [3.8, 4) is 0 Å². The maximum Gasteiger partial charge on any atom is 0.151 e. The monoisotopic (exact) mass is 232 g/mol. The van der Waals surface area contributed by atoms with Crippen LogP contribution in [0.3, 0.4) is 0 Å². The van der Waals surface area contributed by atoms with E-state index >= 15 is 0 Å². The van der Waals surface area contributed by atoms with Gasteiger partial charge in [0.15, 0.2) is 5.82 Å². The van der Waals surface area contributed by atoms with Crippen molar-refractivity contribution in [1.82, 2.24) is 9.88 Å². The second-order valence-electron chi connectivity index (χ2n) is 4.97. The Hall–Kier alpha value is -1.22. The molecule has 3 rings (SSSR count). The van der Waals surface area contributed by atoms with Crippen LogP contribution in [0, 0.1) is 18.7 Å². The summed E-state index contributed by atoms with van der Waals surface area (Å²) in [5.74, 6) is 0.366. The predicted molar refractivity (Wildman–Crippen MR) is 66.1 cm³/mol. The minimum atomic E-state index is -0.144. The fourth-order valence-electron chi connectivity index (χ4n) is 3.12. The van der Waals surface area contributed by atoms with Gasteiger partial charge in [-0.3, -0.25) is 9.88 Å². The zero-order valence-electron chi connectivity index (χ0n) is 10.3. The van der Waals surface area contributed by atoms with Crippen LogP contribution in [-0.2, 0) is 0 Å². The van der Waals surface area contributed by atoms with Gasteiger partial charge in [0.05, 0.1) is 5.69 Å². The molecule has 2 atom stereocenters. The Morgan fingerprint density at radius 3 is 3.00 bits per heavy atom. The summed E-state index contributed by atoms with van der Waals surface area (Å²) in [6.45, 7) is 6.08. The molecule has 0 spiro atoms. The Balaban J connectivity index is 1.97. The molecule has 0 amide bonds. The Morgan fingerprint density at radius 1 is 1.53 bits per heavy atom. The molecule has 1 aliphatic heterocycles. The van der Waals surface area contributed by atoms with Crippen molar-refractivity contribution in [3.63, 3.8) is 0 Å². The van der Waals surface area contributed by atoms with Crippen LogP contribution in [0.2, 0.25) is 0 Å². The van der Waals surface area contributed by atoms with E-state index in [1.807, 2.05) is 6.07 Å². The van der Waals surface area contributed by atoms with Crippen LogP contribution < -0.4 is 0 Å². The minimum Gasteiger partial charge on any atom is -0.297 e. The van der Waals surface area contributed by atoms with E-state index in [1.165, 1.54) is 5.57 Å². The number of aryl methyl sites for hydroxylation is 1. The molecule has 1 fully saturated rings. The van der Waals surface area contributed by atoms with Crippen molar-refractivity contribution < 1.29 is 4.39 Å². The molecule has 0 N–H and O–H groups in total. The summed E-state index contributed by atoms with van der Waals surface area (Å²) in [6.07, 6.45) is 5.11. The lowest BCUT2D eigenvalue weighted by Crippen LogP contribution is -2.30. The first-order chi connectivity index (χ1) is 8.20. The Labute approximate surface area is 101 Å². The van der Waals surface area contributed by atoms with Gasteiger partial charge in [-0.1, -0.05) is 13.0 Å². The van der Waals surface area contributed by atoms with E-state index in [9.17, 15) is 4.39 Å². The predicted octanol–water partition coefficient (Wildman–Crippen LogP) is 2.64. The fraction of sp³-hybridized carbons (Fsp3) is 0.500. The van der Waals surface area contributed by atoms with E-state index in [1.54, 1.807) is 13.1 Å². The van der Waals surface area contributed by atoms with E-state index in [2.05, 4.69) is 22.9 Å². The van der Waals surface area contributed by atoms with E-state index in [0.717, 1.165) is 25.1 Å². The van der Waals surface area contributed by atoms with Crippen molar-refractivity contribution in [2.75, 3.05) is 13.1 Å². The lowest BCUT2D eigenvalue weighted by atomic mass is 9.95. The highest BCUT2D eigenvalue weighted by atomic mass is 19.1. The van der Waals surface area contributed by atoms with Crippen LogP contribution in [-0.4, -0.2) is 29.0 Å². The molecule has 1 aliphatic carbocycles. The lowest BCUT2D eigenvalue weighted by Gasteiger charge is -2.24. The Morgan fingerprint density at radius 2 is 2.35 bits per heavy atom. The van der Waals surface area contributed by atoms with Crippen LogP contribution in [0.25, 0.3) is 5.57 Å². The van der Waals surface area contributed by atoms with Crippen molar-refractivity contribution >= 4 is 5.57 Å². The van der Waals surface area contributed by atoms with Gasteiger partial charge >= 0.3 is 0 Å². The number of hydrogen-bond acceptors (Lipinski definition) is 2. The van der Waals surface area contributed by atoms with Gasteiger partial charge in [0.25, 0.3) is 0 Å². The topological polar surface area (TPSA) is 16.1 Å². The summed E-state index contributed by atoms with van der Waals surface area (Å²) in [4.78, 5) is 6.45. The van der Waals surface area contributed by atoms with Crippen LogP contribution >= 0.6 is 0 Å². The number of rotatable bonds is 2. The number of aromatic nitrogens is 1. The molecule has 3 heteroatoms. The third-order valence-corrected chi connectivity index (χ3v) is 4.04. The normalized spacial score (nSPS) is 27.6.